The van der Waals surface area contributed by atoms with Crippen molar-refractivity contribution in [2.75, 3.05) is 30.0 Å². The molecule has 1 aliphatic rings. The van der Waals surface area contributed by atoms with Crippen LogP contribution in [0.3, 0.4) is 0 Å². The van der Waals surface area contributed by atoms with Gasteiger partial charge >= 0.3 is 0 Å². The third-order valence-electron chi connectivity index (χ3n) is 3.47. The molecule has 1 aromatic rings. The lowest BCUT2D eigenvalue weighted by molar-refractivity contribution is 0.319. The van der Waals surface area contributed by atoms with E-state index in [1.165, 1.54) is 0 Å². The molecule has 1 atom stereocenters. The number of sulfone groups is 1. The van der Waals surface area contributed by atoms with Crippen LogP contribution in [0.15, 0.2) is 18.2 Å². The molecule has 2 rings (SSSR count). The van der Waals surface area contributed by atoms with E-state index in [1.807, 2.05) is 19.1 Å². The summed E-state index contributed by atoms with van der Waals surface area (Å²) in [4.78, 5) is 0. The molecule has 0 bridgehead atoms. The standard InChI is InChI=1S/C14H22N2O3S/c1-2-7-19-14-9-11(5-6-13(14)15)16-10-12-4-3-8-20(12,17)18/h5-6,9,12,16H,2-4,7-8,10,15H2,1H3. The normalized spacial score (nSPS) is 20.8. The molecule has 0 aliphatic carbocycles. The van der Waals surface area contributed by atoms with Crippen molar-refractivity contribution in [1.29, 1.82) is 0 Å². The van der Waals surface area contributed by atoms with E-state index in [-0.39, 0.29) is 5.25 Å². The monoisotopic (exact) mass is 298 g/mol. The number of rotatable bonds is 6. The summed E-state index contributed by atoms with van der Waals surface area (Å²) in [5.41, 5.74) is 7.28. The molecule has 1 aromatic carbocycles. The van der Waals surface area contributed by atoms with Crippen LogP contribution in [0, 0.1) is 0 Å². The zero-order chi connectivity index (χ0) is 14.6. The number of nitrogens with two attached hydrogens (primary N) is 1. The van der Waals surface area contributed by atoms with Crippen molar-refractivity contribution >= 4 is 21.2 Å². The second-order valence-corrected chi connectivity index (χ2v) is 7.51. The van der Waals surface area contributed by atoms with Crippen molar-refractivity contribution in [3.8, 4) is 5.75 Å². The molecule has 6 heteroatoms. The Labute approximate surface area is 120 Å². The molecule has 1 unspecified atom stereocenters. The van der Waals surface area contributed by atoms with Gasteiger partial charge in [-0.2, -0.15) is 0 Å². The van der Waals surface area contributed by atoms with E-state index in [9.17, 15) is 8.42 Å². The summed E-state index contributed by atoms with van der Waals surface area (Å²) >= 11 is 0. The maximum Gasteiger partial charge on any atom is 0.154 e. The number of nitrogens with one attached hydrogen (secondary N) is 1. The van der Waals surface area contributed by atoms with Gasteiger partial charge in [0.25, 0.3) is 0 Å². The summed E-state index contributed by atoms with van der Waals surface area (Å²) in [6.07, 6.45) is 2.42. The first-order valence-corrected chi connectivity index (χ1v) is 8.72. The Morgan fingerprint density at radius 2 is 2.25 bits per heavy atom. The topological polar surface area (TPSA) is 81.4 Å². The molecule has 5 nitrogen and oxygen atoms in total. The number of nitrogen functional groups attached to an aromatic ring is 1. The minimum atomic E-state index is -2.91. The van der Waals surface area contributed by atoms with Crippen molar-refractivity contribution in [3.63, 3.8) is 0 Å². The van der Waals surface area contributed by atoms with Gasteiger partial charge in [-0.15, -0.1) is 0 Å². The van der Waals surface area contributed by atoms with Crippen LogP contribution < -0.4 is 15.8 Å². The molecule has 0 saturated carbocycles. The highest BCUT2D eigenvalue weighted by Gasteiger charge is 2.30. The Balaban J connectivity index is 1.99. The molecule has 1 heterocycles. The Morgan fingerprint density at radius 3 is 2.90 bits per heavy atom. The number of ether oxygens (including phenoxy) is 1. The number of hydrogen-bond donors (Lipinski definition) is 2. The summed E-state index contributed by atoms with van der Waals surface area (Å²) in [6.45, 7) is 3.09. The van der Waals surface area contributed by atoms with Gasteiger partial charge in [-0.05, 0) is 31.4 Å². The maximum atomic E-state index is 11.8. The molecule has 0 spiro atoms. The van der Waals surface area contributed by atoms with Crippen LogP contribution in [0.5, 0.6) is 5.75 Å². The third kappa shape index (κ3) is 3.56. The SMILES string of the molecule is CCCOc1cc(NCC2CCCS2(=O)=O)ccc1N. The van der Waals surface area contributed by atoms with E-state index in [2.05, 4.69) is 5.32 Å². The highest BCUT2D eigenvalue weighted by Crippen LogP contribution is 2.26. The summed E-state index contributed by atoms with van der Waals surface area (Å²) in [5.74, 6) is 0.956. The predicted octanol–water partition coefficient (Wildman–Crippen LogP) is 2.05. The van der Waals surface area contributed by atoms with Crippen LogP contribution in [0.25, 0.3) is 0 Å². The van der Waals surface area contributed by atoms with Crippen LogP contribution in [0.2, 0.25) is 0 Å². The summed E-state index contributed by atoms with van der Waals surface area (Å²) in [7, 11) is -2.91. The Bertz CT molecular complexity index is 558. The molecule has 0 amide bonds. The van der Waals surface area contributed by atoms with Gasteiger partial charge in [-0.1, -0.05) is 6.92 Å². The number of anilines is 2. The fraction of sp³-hybridized carbons (Fsp3) is 0.571. The molecule has 0 aromatic heterocycles. The van der Waals surface area contributed by atoms with E-state index in [0.717, 1.165) is 24.9 Å². The average Bonchev–Trinajstić information content (AvgIpc) is 2.75. The zero-order valence-electron chi connectivity index (χ0n) is 11.8. The molecule has 3 N–H and O–H groups in total. The molecular weight excluding hydrogens is 276 g/mol. The van der Waals surface area contributed by atoms with Crippen LogP contribution >= 0.6 is 0 Å². The van der Waals surface area contributed by atoms with Crippen LogP contribution in [-0.2, 0) is 9.84 Å². The lowest BCUT2D eigenvalue weighted by atomic mass is 10.2. The van der Waals surface area contributed by atoms with Crippen LogP contribution in [0.4, 0.5) is 11.4 Å². The number of benzene rings is 1. The molecular formula is C14H22N2O3S. The minimum absolute atomic E-state index is 0.278. The summed E-state index contributed by atoms with van der Waals surface area (Å²) in [5, 5.41) is 2.89. The molecule has 0 radical (unpaired) electrons. The van der Waals surface area contributed by atoms with Gasteiger partial charge in [0, 0.05) is 18.3 Å². The van der Waals surface area contributed by atoms with Crippen LogP contribution in [-0.4, -0.2) is 32.6 Å². The maximum absolute atomic E-state index is 11.8. The largest absolute Gasteiger partial charge is 0.491 e. The zero-order valence-corrected chi connectivity index (χ0v) is 12.6. The van der Waals surface area contributed by atoms with Gasteiger partial charge in [0.15, 0.2) is 9.84 Å². The van der Waals surface area contributed by atoms with Gasteiger partial charge in [0.1, 0.15) is 5.75 Å². The fourth-order valence-corrected chi connectivity index (χ4v) is 4.07. The first kappa shape index (κ1) is 15.0. The second-order valence-electron chi connectivity index (χ2n) is 5.11. The van der Waals surface area contributed by atoms with Gasteiger partial charge in [-0.3, -0.25) is 0 Å². The lowest BCUT2D eigenvalue weighted by Gasteiger charge is -2.14. The van der Waals surface area contributed by atoms with Crippen molar-refractivity contribution in [3.05, 3.63) is 18.2 Å². The van der Waals surface area contributed by atoms with Gasteiger partial charge in [-0.25, -0.2) is 8.42 Å². The van der Waals surface area contributed by atoms with E-state index in [1.54, 1.807) is 6.07 Å². The molecule has 1 fully saturated rings. The molecule has 1 aliphatic heterocycles. The number of hydrogen-bond acceptors (Lipinski definition) is 5. The third-order valence-corrected chi connectivity index (χ3v) is 5.75. The van der Waals surface area contributed by atoms with Gasteiger partial charge in [0.2, 0.25) is 0 Å². The molecule has 112 valence electrons. The second kappa shape index (κ2) is 6.35. The Hall–Kier alpha value is -1.43. The van der Waals surface area contributed by atoms with E-state index in [4.69, 9.17) is 10.5 Å². The van der Waals surface area contributed by atoms with Crippen molar-refractivity contribution in [1.82, 2.24) is 0 Å². The molecule has 1 saturated heterocycles. The summed E-state index contributed by atoms with van der Waals surface area (Å²) in [6, 6.07) is 5.44. The first-order valence-electron chi connectivity index (χ1n) is 7.00. The smallest absolute Gasteiger partial charge is 0.154 e. The Morgan fingerprint density at radius 1 is 1.45 bits per heavy atom. The van der Waals surface area contributed by atoms with Crippen molar-refractivity contribution in [2.24, 2.45) is 0 Å². The van der Waals surface area contributed by atoms with Crippen molar-refractivity contribution in [2.45, 2.75) is 31.4 Å². The molecule has 20 heavy (non-hydrogen) atoms. The summed E-state index contributed by atoms with van der Waals surface area (Å²) < 4.78 is 29.1. The van der Waals surface area contributed by atoms with Crippen molar-refractivity contribution < 1.29 is 13.2 Å². The van der Waals surface area contributed by atoms with Gasteiger partial charge in [0.05, 0.1) is 23.3 Å². The van der Waals surface area contributed by atoms with Gasteiger partial charge < -0.3 is 15.8 Å². The minimum Gasteiger partial charge on any atom is -0.491 e. The highest BCUT2D eigenvalue weighted by molar-refractivity contribution is 7.92. The lowest BCUT2D eigenvalue weighted by Crippen LogP contribution is -2.25. The average molecular weight is 298 g/mol. The van der Waals surface area contributed by atoms with Crippen LogP contribution in [0.1, 0.15) is 26.2 Å². The predicted molar refractivity (Wildman–Crippen MR) is 81.9 cm³/mol. The quantitative estimate of drug-likeness (QED) is 0.786. The highest BCUT2D eigenvalue weighted by atomic mass is 32.2. The van der Waals surface area contributed by atoms with E-state index < -0.39 is 9.84 Å². The van der Waals surface area contributed by atoms with E-state index in [0.29, 0.717) is 30.3 Å². The fourth-order valence-electron chi connectivity index (χ4n) is 2.30. The first-order chi connectivity index (χ1) is 9.53. The Kier molecular flexibility index (Phi) is 4.75. The van der Waals surface area contributed by atoms with E-state index >= 15 is 0 Å².